The Morgan fingerprint density at radius 2 is 2.20 bits per heavy atom. The van der Waals surface area contributed by atoms with E-state index >= 15 is 0 Å². The molecule has 1 aliphatic heterocycles. The molecule has 2 unspecified atom stereocenters. The molecule has 7 heteroatoms. The van der Waals surface area contributed by atoms with Gasteiger partial charge in [-0.3, -0.25) is 4.79 Å². The number of amides is 1. The second-order valence-electron chi connectivity index (χ2n) is 4.53. The van der Waals surface area contributed by atoms with Crippen LogP contribution in [0.1, 0.15) is 16.8 Å². The van der Waals surface area contributed by atoms with E-state index in [-0.39, 0.29) is 29.1 Å². The fourth-order valence-electron chi connectivity index (χ4n) is 2.22. The maximum atomic E-state index is 13.5. The minimum Gasteiger partial charge on any atom is -0.480 e. The summed E-state index contributed by atoms with van der Waals surface area (Å²) in [5.41, 5.74) is 0.119. The van der Waals surface area contributed by atoms with Crippen LogP contribution in [0.5, 0.6) is 0 Å². The Morgan fingerprint density at radius 1 is 1.50 bits per heavy atom. The topological polar surface area (TPSA) is 66.8 Å². The predicted molar refractivity (Wildman–Crippen MR) is 72.0 cm³/mol. The smallest absolute Gasteiger partial charge is 0.326 e. The highest BCUT2D eigenvalue weighted by molar-refractivity contribution is 9.10. The molecule has 1 saturated heterocycles. The molecule has 1 aliphatic rings. The zero-order valence-corrected chi connectivity index (χ0v) is 12.3. The Morgan fingerprint density at radius 3 is 2.75 bits per heavy atom. The summed E-state index contributed by atoms with van der Waals surface area (Å²) in [7, 11) is 1.47. The van der Waals surface area contributed by atoms with Crippen LogP contribution in [0.4, 0.5) is 4.39 Å². The molecule has 2 rings (SSSR count). The van der Waals surface area contributed by atoms with Crippen molar-refractivity contribution in [2.45, 2.75) is 18.6 Å². The average Bonchev–Trinajstić information content (AvgIpc) is 2.85. The first-order valence-corrected chi connectivity index (χ1v) is 6.75. The summed E-state index contributed by atoms with van der Waals surface area (Å²) < 4.78 is 18.8. The van der Waals surface area contributed by atoms with E-state index in [2.05, 4.69) is 15.9 Å². The van der Waals surface area contributed by atoms with Crippen molar-refractivity contribution in [2.75, 3.05) is 13.7 Å². The maximum absolute atomic E-state index is 13.5. The summed E-state index contributed by atoms with van der Waals surface area (Å²) in [4.78, 5) is 24.7. The second kappa shape index (κ2) is 5.88. The van der Waals surface area contributed by atoms with Crippen LogP contribution in [0.3, 0.4) is 0 Å². The first-order chi connectivity index (χ1) is 9.43. The number of ether oxygens (including phenoxy) is 1. The number of likely N-dealkylation sites (tertiary alicyclic amines) is 1. The van der Waals surface area contributed by atoms with Crippen molar-refractivity contribution in [3.63, 3.8) is 0 Å². The lowest BCUT2D eigenvalue weighted by Gasteiger charge is -2.21. The van der Waals surface area contributed by atoms with E-state index in [1.54, 1.807) is 0 Å². The summed E-state index contributed by atoms with van der Waals surface area (Å²) >= 11 is 3.00. The molecule has 2 atom stereocenters. The van der Waals surface area contributed by atoms with Crippen LogP contribution in [-0.2, 0) is 9.53 Å². The minimum atomic E-state index is -1.09. The summed E-state index contributed by atoms with van der Waals surface area (Å²) in [6, 6.07) is 3.02. The number of carbonyl (C=O) groups excluding carboxylic acids is 1. The van der Waals surface area contributed by atoms with Crippen LogP contribution in [0, 0.1) is 5.82 Å². The molecular formula is C13H13BrFNO4. The Balaban J connectivity index is 2.26. The van der Waals surface area contributed by atoms with E-state index in [4.69, 9.17) is 9.84 Å². The van der Waals surface area contributed by atoms with Crippen molar-refractivity contribution in [2.24, 2.45) is 0 Å². The molecule has 1 aromatic rings. The van der Waals surface area contributed by atoms with Crippen molar-refractivity contribution in [1.29, 1.82) is 0 Å². The third-order valence-corrected chi connectivity index (χ3v) is 3.95. The van der Waals surface area contributed by atoms with Crippen LogP contribution in [0.2, 0.25) is 0 Å². The van der Waals surface area contributed by atoms with Gasteiger partial charge in [0.2, 0.25) is 0 Å². The van der Waals surface area contributed by atoms with E-state index in [9.17, 15) is 14.0 Å². The van der Waals surface area contributed by atoms with E-state index in [1.165, 1.54) is 24.1 Å². The number of carboxylic acids is 1. The quantitative estimate of drug-likeness (QED) is 0.908. The minimum absolute atomic E-state index is 0.119. The predicted octanol–water partition coefficient (Wildman–Crippen LogP) is 1.90. The number of nitrogens with zero attached hydrogens (tertiary/aromatic N) is 1. The molecule has 0 aromatic heterocycles. The highest BCUT2D eigenvalue weighted by atomic mass is 79.9. The van der Waals surface area contributed by atoms with E-state index < -0.39 is 23.7 Å². The van der Waals surface area contributed by atoms with E-state index in [0.29, 0.717) is 0 Å². The highest BCUT2D eigenvalue weighted by Crippen LogP contribution is 2.24. The molecule has 108 valence electrons. The number of benzene rings is 1. The second-order valence-corrected chi connectivity index (χ2v) is 5.39. The molecule has 1 aromatic carbocycles. The fourth-order valence-corrected chi connectivity index (χ4v) is 2.47. The normalized spacial score (nSPS) is 22.1. The van der Waals surface area contributed by atoms with Gasteiger partial charge in [-0.15, -0.1) is 0 Å². The number of carbonyl (C=O) groups is 2. The molecule has 0 bridgehead atoms. The monoisotopic (exact) mass is 345 g/mol. The zero-order chi connectivity index (χ0) is 14.9. The van der Waals surface area contributed by atoms with Crippen LogP contribution in [0.25, 0.3) is 0 Å². The molecule has 1 fully saturated rings. The lowest BCUT2D eigenvalue weighted by Crippen LogP contribution is -2.40. The first-order valence-electron chi connectivity index (χ1n) is 5.95. The Labute approximate surface area is 123 Å². The van der Waals surface area contributed by atoms with Crippen LogP contribution >= 0.6 is 15.9 Å². The number of halogens is 2. The van der Waals surface area contributed by atoms with Gasteiger partial charge in [-0.25, -0.2) is 9.18 Å². The average molecular weight is 346 g/mol. The molecule has 0 radical (unpaired) electrons. The SMILES string of the molecule is COC1CC(C(=O)O)N(C(=O)c2ccc(Br)c(F)c2)C1. The zero-order valence-electron chi connectivity index (χ0n) is 10.7. The van der Waals surface area contributed by atoms with E-state index in [0.717, 1.165) is 6.07 Å². The number of hydrogen-bond donors (Lipinski definition) is 1. The fraction of sp³-hybridized carbons (Fsp3) is 0.385. The Bertz CT molecular complexity index is 551. The number of carboxylic acid groups (broad SMARTS) is 1. The van der Waals surface area contributed by atoms with Gasteiger partial charge in [0, 0.05) is 25.6 Å². The molecule has 1 N–H and O–H groups in total. The van der Waals surface area contributed by atoms with Gasteiger partial charge < -0.3 is 14.7 Å². The van der Waals surface area contributed by atoms with E-state index in [1.807, 2.05) is 0 Å². The van der Waals surface area contributed by atoms with Crippen molar-refractivity contribution in [1.82, 2.24) is 4.90 Å². The number of hydrogen-bond acceptors (Lipinski definition) is 3. The lowest BCUT2D eigenvalue weighted by molar-refractivity contribution is -0.141. The summed E-state index contributed by atoms with van der Waals surface area (Å²) in [6.45, 7) is 0.185. The van der Waals surface area contributed by atoms with Crippen LogP contribution in [0.15, 0.2) is 22.7 Å². The molecule has 1 amide bonds. The Kier molecular flexibility index (Phi) is 4.39. The van der Waals surface area contributed by atoms with Gasteiger partial charge in [-0.2, -0.15) is 0 Å². The first kappa shape index (κ1) is 14.9. The maximum Gasteiger partial charge on any atom is 0.326 e. The van der Waals surface area contributed by atoms with Gasteiger partial charge in [0.15, 0.2) is 0 Å². The lowest BCUT2D eigenvalue weighted by atomic mass is 10.1. The van der Waals surface area contributed by atoms with Gasteiger partial charge >= 0.3 is 5.97 Å². The van der Waals surface area contributed by atoms with Crippen molar-refractivity contribution in [3.05, 3.63) is 34.1 Å². The number of methoxy groups -OCH3 is 1. The number of aliphatic carboxylic acids is 1. The van der Waals surface area contributed by atoms with Crippen LogP contribution < -0.4 is 0 Å². The van der Waals surface area contributed by atoms with Gasteiger partial charge in [0.1, 0.15) is 11.9 Å². The van der Waals surface area contributed by atoms with Gasteiger partial charge in [0.05, 0.1) is 10.6 Å². The van der Waals surface area contributed by atoms with Gasteiger partial charge in [0.25, 0.3) is 5.91 Å². The highest BCUT2D eigenvalue weighted by Gasteiger charge is 2.40. The molecule has 0 saturated carbocycles. The summed E-state index contributed by atoms with van der Waals surface area (Å²) in [5.74, 6) is -2.16. The third-order valence-electron chi connectivity index (χ3n) is 3.31. The van der Waals surface area contributed by atoms with Gasteiger partial charge in [-0.05, 0) is 34.1 Å². The Hall–Kier alpha value is -1.47. The summed E-state index contributed by atoms with van der Waals surface area (Å²) in [6.07, 6.45) is -0.0864. The van der Waals surface area contributed by atoms with Crippen molar-refractivity contribution < 1.29 is 23.8 Å². The van der Waals surface area contributed by atoms with Gasteiger partial charge in [-0.1, -0.05) is 0 Å². The third kappa shape index (κ3) is 2.83. The number of rotatable bonds is 3. The van der Waals surface area contributed by atoms with Crippen LogP contribution in [-0.4, -0.2) is 47.7 Å². The van der Waals surface area contributed by atoms with Crippen molar-refractivity contribution >= 4 is 27.8 Å². The molecule has 5 nitrogen and oxygen atoms in total. The molecule has 20 heavy (non-hydrogen) atoms. The molecule has 1 heterocycles. The summed E-state index contributed by atoms with van der Waals surface area (Å²) in [5, 5.41) is 9.16. The molecule has 0 aliphatic carbocycles. The van der Waals surface area contributed by atoms with Crippen molar-refractivity contribution in [3.8, 4) is 0 Å². The largest absolute Gasteiger partial charge is 0.480 e. The molecular weight excluding hydrogens is 333 g/mol. The standard InChI is InChI=1S/C13H13BrFNO4/c1-20-8-5-11(13(18)19)16(6-8)12(17)7-2-3-9(14)10(15)4-7/h2-4,8,11H,5-6H2,1H3,(H,18,19). The molecule has 0 spiro atoms.